The molecular formula is C17H23N3O3S. The van der Waals surface area contributed by atoms with Gasteiger partial charge in [-0.15, -0.1) is 0 Å². The van der Waals surface area contributed by atoms with E-state index >= 15 is 0 Å². The number of benzene rings is 1. The number of carbonyl (C=O) groups is 1. The van der Waals surface area contributed by atoms with Crippen LogP contribution >= 0.6 is 11.8 Å². The Balaban J connectivity index is 2.27. The Morgan fingerprint density at radius 1 is 1.42 bits per heavy atom. The summed E-state index contributed by atoms with van der Waals surface area (Å²) < 4.78 is 6.59. The first-order valence-electron chi connectivity index (χ1n) is 7.98. The molecule has 1 heterocycles. The molecule has 0 aliphatic carbocycles. The van der Waals surface area contributed by atoms with Crippen LogP contribution in [0.4, 0.5) is 0 Å². The molecule has 0 aliphatic rings. The molecule has 1 amide bonds. The van der Waals surface area contributed by atoms with Crippen molar-refractivity contribution in [1.29, 1.82) is 0 Å². The lowest BCUT2D eigenvalue weighted by Crippen LogP contribution is -2.30. The number of methoxy groups -OCH3 is 1. The third-order valence-electron chi connectivity index (χ3n) is 3.77. The van der Waals surface area contributed by atoms with Gasteiger partial charge in [0, 0.05) is 19.7 Å². The van der Waals surface area contributed by atoms with Crippen LogP contribution < -0.4 is 10.9 Å². The van der Waals surface area contributed by atoms with E-state index in [9.17, 15) is 9.59 Å². The van der Waals surface area contributed by atoms with Crippen LogP contribution in [0.25, 0.3) is 10.9 Å². The van der Waals surface area contributed by atoms with E-state index in [1.807, 2.05) is 32.0 Å². The van der Waals surface area contributed by atoms with E-state index in [0.717, 1.165) is 6.42 Å². The fraction of sp³-hybridized carbons (Fsp3) is 0.471. The minimum Gasteiger partial charge on any atom is -0.383 e. The number of thioether (sulfide) groups is 1. The number of rotatable bonds is 8. The topological polar surface area (TPSA) is 73.2 Å². The quantitative estimate of drug-likeness (QED) is 0.449. The molecular weight excluding hydrogens is 326 g/mol. The molecule has 0 radical (unpaired) electrons. The zero-order valence-corrected chi connectivity index (χ0v) is 15.1. The lowest BCUT2D eigenvalue weighted by Gasteiger charge is -2.18. The fourth-order valence-electron chi connectivity index (χ4n) is 2.27. The number of carbonyl (C=O) groups excluding carboxylic acids is 1. The maximum absolute atomic E-state index is 12.8. The monoisotopic (exact) mass is 349 g/mol. The number of aromatic nitrogens is 2. The highest BCUT2D eigenvalue weighted by Crippen LogP contribution is 2.22. The second kappa shape index (κ2) is 8.84. The Morgan fingerprint density at radius 3 is 2.88 bits per heavy atom. The predicted molar refractivity (Wildman–Crippen MR) is 96.6 cm³/mol. The van der Waals surface area contributed by atoms with Gasteiger partial charge in [-0.25, -0.2) is 4.98 Å². The standard InChI is InChI=1S/C17H23N3O3S/c1-4-12(2)20-16(22)13-7-5-6-8-14(13)19-17(20)24-11-15(21)18-9-10-23-3/h5-8,12H,4,9-11H2,1-3H3,(H,18,21)/t12-/m0/s1. The first-order valence-corrected chi connectivity index (χ1v) is 8.96. The summed E-state index contributed by atoms with van der Waals surface area (Å²) in [6.07, 6.45) is 0.813. The molecule has 24 heavy (non-hydrogen) atoms. The first-order chi connectivity index (χ1) is 11.6. The molecule has 1 aromatic carbocycles. The summed E-state index contributed by atoms with van der Waals surface area (Å²) in [4.78, 5) is 29.3. The van der Waals surface area contributed by atoms with Crippen molar-refractivity contribution >= 4 is 28.6 Å². The number of ether oxygens (including phenoxy) is 1. The minimum atomic E-state index is -0.102. The molecule has 6 nitrogen and oxygen atoms in total. The Labute approximate surface area is 145 Å². The summed E-state index contributed by atoms with van der Waals surface area (Å²) in [5.41, 5.74) is 0.599. The van der Waals surface area contributed by atoms with E-state index in [-0.39, 0.29) is 23.3 Å². The van der Waals surface area contributed by atoms with Crippen molar-refractivity contribution in [3.05, 3.63) is 34.6 Å². The van der Waals surface area contributed by atoms with Crippen LogP contribution in [0, 0.1) is 0 Å². The number of fused-ring (bicyclic) bond motifs is 1. The number of para-hydroxylation sites is 1. The summed E-state index contributed by atoms with van der Waals surface area (Å²) in [6, 6.07) is 7.32. The first kappa shape index (κ1) is 18.5. The molecule has 2 aromatic rings. The molecule has 0 spiro atoms. The molecule has 1 N–H and O–H groups in total. The van der Waals surface area contributed by atoms with Crippen LogP contribution in [0.1, 0.15) is 26.3 Å². The Kier molecular flexibility index (Phi) is 6.81. The summed E-state index contributed by atoms with van der Waals surface area (Å²) in [5, 5.41) is 3.95. The van der Waals surface area contributed by atoms with Crippen LogP contribution in [0.5, 0.6) is 0 Å². The largest absolute Gasteiger partial charge is 0.383 e. The Morgan fingerprint density at radius 2 is 2.17 bits per heavy atom. The zero-order valence-electron chi connectivity index (χ0n) is 14.2. The van der Waals surface area contributed by atoms with E-state index in [0.29, 0.717) is 29.2 Å². The maximum atomic E-state index is 12.8. The molecule has 1 aromatic heterocycles. The summed E-state index contributed by atoms with van der Waals surface area (Å²) >= 11 is 1.28. The smallest absolute Gasteiger partial charge is 0.262 e. The van der Waals surface area contributed by atoms with Crippen molar-refractivity contribution in [3.8, 4) is 0 Å². The minimum absolute atomic E-state index is 0.0219. The van der Waals surface area contributed by atoms with E-state index in [1.54, 1.807) is 17.7 Å². The van der Waals surface area contributed by atoms with Crippen molar-refractivity contribution in [2.24, 2.45) is 0 Å². The van der Waals surface area contributed by atoms with Crippen LogP contribution in [0.15, 0.2) is 34.2 Å². The molecule has 130 valence electrons. The average Bonchev–Trinajstić information content (AvgIpc) is 2.59. The van der Waals surface area contributed by atoms with Crippen LogP contribution in [-0.2, 0) is 9.53 Å². The van der Waals surface area contributed by atoms with Gasteiger partial charge in [0.15, 0.2) is 5.16 Å². The highest BCUT2D eigenvalue weighted by molar-refractivity contribution is 7.99. The Hall–Kier alpha value is -1.86. The van der Waals surface area contributed by atoms with Gasteiger partial charge in [-0.3, -0.25) is 14.2 Å². The van der Waals surface area contributed by atoms with Gasteiger partial charge in [-0.2, -0.15) is 0 Å². The van der Waals surface area contributed by atoms with Crippen molar-refractivity contribution in [2.75, 3.05) is 26.0 Å². The normalized spacial score (nSPS) is 12.3. The third-order valence-corrected chi connectivity index (χ3v) is 4.72. The molecule has 0 bridgehead atoms. The SMILES string of the molecule is CC[C@H](C)n1c(SCC(=O)NCCOC)nc2ccccc2c1=O. The lowest BCUT2D eigenvalue weighted by molar-refractivity contribution is -0.118. The van der Waals surface area contributed by atoms with Crippen molar-refractivity contribution in [3.63, 3.8) is 0 Å². The fourth-order valence-corrected chi connectivity index (χ4v) is 3.20. The van der Waals surface area contributed by atoms with Gasteiger partial charge in [-0.1, -0.05) is 30.8 Å². The number of nitrogens with zero attached hydrogens (tertiary/aromatic N) is 2. The van der Waals surface area contributed by atoms with E-state index in [4.69, 9.17) is 4.74 Å². The third kappa shape index (κ3) is 4.36. The highest BCUT2D eigenvalue weighted by atomic mass is 32.2. The summed E-state index contributed by atoms with van der Waals surface area (Å²) in [5.74, 6) is 0.112. The highest BCUT2D eigenvalue weighted by Gasteiger charge is 2.16. The molecule has 0 aliphatic heterocycles. The molecule has 0 saturated heterocycles. The van der Waals surface area contributed by atoms with Gasteiger partial charge in [0.25, 0.3) is 5.56 Å². The summed E-state index contributed by atoms with van der Waals surface area (Å²) in [7, 11) is 1.59. The molecule has 0 unspecified atom stereocenters. The molecule has 0 saturated carbocycles. The van der Waals surface area contributed by atoms with Gasteiger partial charge in [0.05, 0.1) is 23.3 Å². The van der Waals surface area contributed by atoms with Crippen molar-refractivity contribution in [2.45, 2.75) is 31.5 Å². The molecule has 2 rings (SSSR count). The molecule has 1 atom stereocenters. The number of hydrogen-bond donors (Lipinski definition) is 1. The molecule has 7 heteroatoms. The van der Waals surface area contributed by atoms with E-state index in [1.165, 1.54) is 11.8 Å². The van der Waals surface area contributed by atoms with E-state index in [2.05, 4.69) is 10.3 Å². The van der Waals surface area contributed by atoms with Crippen LogP contribution in [0.2, 0.25) is 0 Å². The Bertz CT molecular complexity index is 760. The molecule has 0 fully saturated rings. The maximum Gasteiger partial charge on any atom is 0.262 e. The van der Waals surface area contributed by atoms with Crippen molar-refractivity contribution in [1.82, 2.24) is 14.9 Å². The number of amides is 1. The van der Waals surface area contributed by atoms with Gasteiger partial charge in [0.1, 0.15) is 0 Å². The van der Waals surface area contributed by atoms with Gasteiger partial charge >= 0.3 is 0 Å². The van der Waals surface area contributed by atoms with E-state index < -0.39 is 0 Å². The second-order valence-electron chi connectivity index (χ2n) is 5.48. The number of hydrogen-bond acceptors (Lipinski definition) is 5. The summed E-state index contributed by atoms with van der Waals surface area (Å²) in [6.45, 7) is 4.96. The van der Waals surface area contributed by atoms with Gasteiger partial charge in [-0.05, 0) is 25.5 Å². The lowest BCUT2D eigenvalue weighted by atomic mass is 10.2. The van der Waals surface area contributed by atoms with Crippen molar-refractivity contribution < 1.29 is 9.53 Å². The van der Waals surface area contributed by atoms with Gasteiger partial charge in [0.2, 0.25) is 5.91 Å². The van der Waals surface area contributed by atoms with Crippen LogP contribution in [-0.4, -0.2) is 41.5 Å². The zero-order chi connectivity index (χ0) is 17.5. The van der Waals surface area contributed by atoms with Crippen LogP contribution in [0.3, 0.4) is 0 Å². The number of nitrogens with one attached hydrogen (secondary N) is 1. The predicted octanol–water partition coefficient (Wildman–Crippen LogP) is 2.22. The average molecular weight is 349 g/mol. The second-order valence-corrected chi connectivity index (χ2v) is 6.42. The van der Waals surface area contributed by atoms with Gasteiger partial charge < -0.3 is 10.1 Å².